The lowest BCUT2D eigenvalue weighted by atomic mass is 10.1. The number of nitrogens with zero attached hydrogens (tertiary/aromatic N) is 3. The van der Waals surface area contributed by atoms with Crippen LogP contribution in [0.1, 0.15) is 31.7 Å². The van der Waals surface area contributed by atoms with Crippen LogP contribution >= 0.6 is 11.6 Å². The van der Waals surface area contributed by atoms with Crippen LogP contribution in [0, 0.1) is 0 Å². The van der Waals surface area contributed by atoms with Gasteiger partial charge in [0.1, 0.15) is 0 Å². The lowest BCUT2D eigenvalue weighted by Gasteiger charge is -2.29. The molecular weight excluding hydrogens is 336 g/mol. The Bertz CT molecular complexity index is 527. The Morgan fingerprint density at radius 2 is 2.00 bits per heavy atom. The number of benzene rings is 1. The molecule has 1 heterocycles. The van der Waals surface area contributed by atoms with Gasteiger partial charge in [0.2, 0.25) is 0 Å². The fraction of sp³-hybridized carbons (Fsp3) is 0.632. The maximum absolute atomic E-state index is 9.56. The summed E-state index contributed by atoms with van der Waals surface area (Å²) in [7, 11) is 2.06. The molecule has 1 aromatic rings. The van der Waals surface area contributed by atoms with Crippen LogP contribution in [0.3, 0.4) is 0 Å². The van der Waals surface area contributed by atoms with Gasteiger partial charge >= 0.3 is 0 Å². The van der Waals surface area contributed by atoms with Crippen LogP contribution < -0.4 is 5.32 Å². The van der Waals surface area contributed by atoms with Crippen LogP contribution in [0.2, 0.25) is 5.02 Å². The highest BCUT2D eigenvalue weighted by Crippen LogP contribution is 2.11. The maximum Gasteiger partial charge on any atom is 0.193 e. The molecule has 1 saturated heterocycles. The molecule has 0 spiro atoms. The zero-order valence-corrected chi connectivity index (χ0v) is 16.2. The maximum atomic E-state index is 9.56. The monoisotopic (exact) mass is 366 g/mol. The van der Waals surface area contributed by atoms with Crippen LogP contribution in [0.25, 0.3) is 0 Å². The van der Waals surface area contributed by atoms with Crippen molar-refractivity contribution in [3.63, 3.8) is 0 Å². The predicted molar refractivity (Wildman–Crippen MR) is 105 cm³/mol. The largest absolute Gasteiger partial charge is 0.393 e. The van der Waals surface area contributed by atoms with Crippen molar-refractivity contribution in [3.8, 4) is 0 Å². The minimum atomic E-state index is -0.101. The highest BCUT2D eigenvalue weighted by molar-refractivity contribution is 6.30. The van der Waals surface area contributed by atoms with Gasteiger partial charge < -0.3 is 20.2 Å². The Morgan fingerprint density at radius 1 is 1.32 bits per heavy atom. The van der Waals surface area contributed by atoms with Crippen molar-refractivity contribution < 1.29 is 5.11 Å². The van der Waals surface area contributed by atoms with Gasteiger partial charge in [-0.15, -0.1) is 0 Å². The number of aliphatic hydroxyl groups is 1. The molecule has 1 aliphatic rings. The van der Waals surface area contributed by atoms with Gasteiger partial charge in [-0.2, -0.15) is 0 Å². The number of hydrogen-bond donors (Lipinski definition) is 2. The molecule has 2 N–H and O–H groups in total. The van der Waals surface area contributed by atoms with Gasteiger partial charge in [-0.25, -0.2) is 0 Å². The smallest absolute Gasteiger partial charge is 0.193 e. The first-order valence-electron chi connectivity index (χ1n) is 9.22. The third-order valence-electron chi connectivity index (χ3n) is 4.48. The van der Waals surface area contributed by atoms with E-state index >= 15 is 0 Å². The molecule has 0 radical (unpaired) electrons. The fourth-order valence-electron chi connectivity index (χ4n) is 3.03. The van der Waals surface area contributed by atoms with Gasteiger partial charge in [0, 0.05) is 44.8 Å². The first kappa shape index (κ1) is 20.0. The second kappa shape index (κ2) is 10.6. The zero-order chi connectivity index (χ0) is 18.1. The number of rotatable bonds is 7. The molecule has 25 heavy (non-hydrogen) atoms. The highest BCUT2D eigenvalue weighted by Gasteiger charge is 2.16. The molecule has 5 nitrogen and oxygen atoms in total. The van der Waals surface area contributed by atoms with E-state index in [0.29, 0.717) is 0 Å². The van der Waals surface area contributed by atoms with Crippen LogP contribution in [-0.4, -0.2) is 66.7 Å². The second-order valence-corrected chi connectivity index (χ2v) is 7.08. The summed E-state index contributed by atoms with van der Waals surface area (Å²) >= 11 is 5.95. The average molecular weight is 367 g/mol. The van der Waals surface area contributed by atoms with Crippen molar-refractivity contribution in [1.29, 1.82) is 0 Å². The first-order chi connectivity index (χ1) is 12.1. The SMILES string of the molecule is CCNC(=NCCCN1CCC(O)CC1)N(C)Cc1ccc(Cl)cc1. The average Bonchev–Trinajstić information content (AvgIpc) is 2.61. The zero-order valence-electron chi connectivity index (χ0n) is 15.4. The summed E-state index contributed by atoms with van der Waals surface area (Å²) in [5.74, 6) is 0.937. The van der Waals surface area contributed by atoms with Crippen molar-refractivity contribution in [1.82, 2.24) is 15.1 Å². The Labute approximate surface area is 156 Å². The number of piperidine rings is 1. The highest BCUT2D eigenvalue weighted by atomic mass is 35.5. The molecule has 1 aliphatic heterocycles. The van der Waals surface area contributed by atoms with E-state index in [2.05, 4.69) is 29.1 Å². The standard InChI is InChI=1S/C19H31ClN4O/c1-3-21-19(23(2)15-16-5-7-17(20)8-6-16)22-11-4-12-24-13-9-18(25)10-14-24/h5-8,18,25H,3-4,9-15H2,1-2H3,(H,21,22). The van der Waals surface area contributed by atoms with Crippen molar-refractivity contribution in [3.05, 3.63) is 34.9 Å². The summed E-state index contributed by atoms with van der Waals surface area (Å²) < 4.78 is 0. The molecule has 0 unspecified atom stereocenters. The number of hydrogen-bond acceptors (Lipinski definition) is 3. The van der Waals surface area contributed by atoms with Gasteiger partial charge in [0.05, 0.1) is 6.10 Å². The van der Waals surface area contributed by atoms with E-state index in [4.69, 9.17) is 16.6 Å². The number of aliphatic imine (C=N–C) groups is 1. The van der Waals surface area contributed by atoms with E-state index in [-0.39, 0.29) is 6.10 Å². The van der Waals surface area contributed by atoms with E-state index < -0.39 is 0 Å². The molecule has 1 fully saturated rings. The fourth-order valence-corrected chi connectivity index (χ4v) is 3.16. The molecule has 0 bridgehead atoms. The van der Waals surface area contributed by atoms with E-state index in [9.17, 15) is 5.11 Å². The topological polar surface area (TPSA) is 51.1 Å². The van der Waals surface area contributed by atoms with E-state index in [1.165, 1.54) is 5.56 Å². The molecule has 0 aliphatic carbocycles. The Kier molecular flexibility index (Phi) is 8.52. The number of nitrogens with one attached hydrogen (secondary N) is 1. The number of halogens is 1. The summed E-state index contributed by atoms with van der Waals surface area (Å²) in [6, 6.07) is 7.94. The van der Waals surface area contributed by atoms with Crippen LogP contribution in [0.15, 0.2) is 29.3 Å². The summed E-state index contributed by atoms with van der Waals surface area (Å²) in [6.45, 7) is 7.61. The first-order valence-corrected chi connectivity index (χ1v) is 9.60. The van der Waals surface area contributed by atoms with Crippen LogP contribution in [-0.2, 0) is 6.54 Å². The van der Waals surface area contributed by atoms with Gasteiger partial charge in [-0.3, -0.25) is 4.99 Å². The summed E-state index contributed by atoms with van der Waals surface area (Å²) in [5.41, 5.74) is 1.21. The Morgan fingerprint density at radius 3 is 2.64 bits per heavy atom. The summed E-state index contributed by atoms with van der Waals surface area (Å²) in [5, 5.41) is 13.7. The van der Waals surface area contributed by atoms with Crippen LogP contribution in [0.4, 0.5) is 0 Å². The van der Waals surface area contributed by atoms with Crippen molar-refractivity contribution in [2.24, 2.45) is 4.99 Å². The van der Waals surface area contributed by atoms with E-state index in [1.54, 1.807) is 0 Å². The lowest BCUT2D eigenvalue weighted by molar-refractivity contribution is 0.0824. The third-order valence-corrected chi connectivity index (χ3v) is 4.73. The molecule has 0 aromatic heterocycles. The minimum absolute atomic E-state index is 0.101. The summed E-state index contributed by atoms with van der Waals surface area (Å²) in [4.78, 5) is 9.32. The van der Waals surface area contributed by atoms with Gasteiger partial charge in [-0.1, -0.05) is 23.7 Å². The summed E-state index contributed by atoms with van der Waals surface area (Å²) in [6.07, 6.45) is 2.74. The normalized spacial score (nSPS) is 16.9. The predicted octanol–water partition coefficient (Wildman–Crippen LogP) is 2.58. The minimum Gasteiger partial charge on any atom is -0.393 e. The molecule has 1 aromatic carbocycles. The molecule has 0 saturated carbocycles. The Balaban J connectivity index is 1.79. The van der Waals surface area contributed by atoms with Gasteiger partial charge in [0.25, 0.3) is 0 Å². The van der Waals surface area contributed by atoms with E-state index in [1.807, 2.05) is 24.3 Å². The third kappa shape index (κ3) is 7.22. The van der Waals surface area contributed by atoms with Crippen molar-refractivity contribution in [2.75, 3.05) is 39.8 Å². The second-order valence-electron chi connectivity index (χ2n) is 6.64. The number of aliphatic hydroxyl groups excluding tert-OH is 1. The van der Waals surface area contributed by atoms with Crippen molar-refractivity contribution >= 4 is 17.6 Å². The molecule has 0 amide bonds. The molecule has 0 atom stereocenters. The number of likely N-dealkylation sites (tertiary alicyclic amines) is 1. The van der Waals surface area contributed by atoms with Gasteiger partial charge in [0.15, 0.2) is 5.96 Å². The lowest BCUT2D eigenvalue weighted by Crippen LogP contribution is -2.39. The molecular formula is C19H31ClN4O. The molecule has 6 heteroatoms. The van der Waals surface area contributed by atoms with Gasteiger partial charge in [-0.05, 0) is 50.4 Å². The van der Waals surface area contributed by atoms with Crippen molar-refractivity contribution in [2.45, 2.75) is 38.8 Å². The molecule has 140 valence electrons. The number of guanidine groups is 1. The van der Waals surface area contributed by atoms with Crippen LogP contribution in [0.5, 0.6) is 0 Å². The quantitative estimate of drug-likeness (QED) is 0.442. The Hall–Kier alpha value is -1.30. The van der Waals surface area contributed by atoms with E-state index in [0.717, 1.165) is 69.5 Å². The molecule has 2 rings (SSSR count).